The predicted octanol–water partition coefficient (Wildman–Crippen LogP) is 2.82. The number of nitrogens with zero attached hydrogens (tertiary/aromatic N) is 4. The Kier molecular flexibility index (Phi) is 2.93. The molecule has 0 aliphatic heterocycles. The molecule has 1 atom stereocenters. The van der Waals surface area contributed by atoms with Crippen molar-refractivity contribution in [3.63, 3.8) is 0 Å². The van der Waals surface area contributed by atoms with Gasteiger partial charge in [-0.15, -0.1) is 5.10 Å². The van der Waals surface area contributed by atoms with E-state index in [-0.39, 0.29) is 6.04 Å². The molecule has 1 unspecified atom stereocenters. The molecular weight excluding hydrogens is 254 g/mol. The van der Waals surface area contributed by atoms with E-state index in [2.05, 4.69) is 20.6 Å². The van der Waals surface area contributed by atoms with Gasteiger partial charge in [0, 0.05) is 11.8 Å². The Morgan fingerprint density at radius 1 is 1.30 bits per heavy atom. The van der Waals surface area contributed by atoms with Gasteiger partial charge in [0.05, 0.1) is 11.7 Å². The molecule has 0 amide bonds. The van der Waals surface area contributed by atoms with Crippen molar-refractivity contribution in [3.8, 4) is 0 Å². The maximum absolute atomic E-state index is 5.20. The number of aromatic nitrogens is 4. The molecule has 0 bridgehead atoms. The van der Waals surface area contributed by atoms with Crippen molar-refractivity contribution < 1.29 is 4.52 Å². The van der Waals surface area contributed by atoms with E-state index in [0.29, 0.717) is 5.95 Å². The van der Waals surface area contributed by atoms with Gasteiger partial charge in [0.15, 0.2) is 5.65 Å². The summed E-state index contributed by atoms with van der Waals surface area (Å²) in [5, 5.41) is 11.7. The minimum Gasteiger partial charge on any atom is -0.361 e. The van der Waals surface area contributed by atoms with Gasteiger partial charge in [-0.1, -0.05) is 11.2 Å². The molecule has 3 aromatic heterocycles. The Morgan fingerprint density at radius 2 is 2.10 bits per heavy atom. The minimum absolute atomic E-state index is 0.0407. The van der Waals surface area contributed by atoms with Crippen molar-refractivity contribution in [2.24, 2.45) is 0 Å². The molecule has 0 aliphatic rings. The van der Waals surface area contributed by atoms with E-state index in [4.69, 9.17) is 4.52 Å². The standard InChI is InChI=1S/C14H17N5O/c1-8-6-5-7-19-13(8)16-14(17-19)15-9(2)12-10(3)18-20-11(12)4/h5-7,9H,1-4H3,(H,15,17). The van der Waals surface area contributed by atoms with E-state index < -0.39 is 0 Å². The lowest BCUT2D eigenvalue weighted by Gasteiger charge is -2.11. The van der Waals surface area contributed by atoms with E-state index in [1.165, 1.54) is 0 Å². The first-order chi connectivity index (χ1) is 9.56. The summed E-state index contributed by atoms with van der Waals surface area (Å²) in [7, 11) is 0. The van der Waals surface area contributed by atoms with Crippen molar-refractivity contribution >= 4 is 11.6 Å². The SMILES string of the molecule is Cc1noc(C)c1C(C)Nc1nc2c(C)cccn2n1. The lowest BCUT2D eigenvalue weighted by molar-refractivity contribution is 0.392. The van der Waals surface area contributed by atoms with Crippen molar-refractivity contribution in [1.82, 2.24) is 19.8 Å². The summed E-state index contributed by atoms with van der Waals surface area (Å²) in [6, 6.07) is 4.02. The van der Waals surface area contributed by atoms with E-state index in [1.54, 1.807) is 4.52 Å². The summed E-state index contributed by atoms with van der Waals surface area (Å²) < 4.78 is 6.97. The van der Waals surface area contributed by atoms with Crippen LogP contribution in [0.3, 0.4) is 0 Å². The topological polar surface area (TPSA) is 68.2 Å². The van der Waals surface area contributed by atoms with Gasteiger partial charge >= 0.3 is 0 Å². The first kappa shape index (κ1) is 12.7. The van der Waals surface area contributed by atoms with Gasteiger partial charge < -0.3 is 9.84 Å². The van der Waals surface area contributed by atoms with Crippen molar-refractivity contribution in [3.05, 3.63) is 40.9 Å². The molecule has 0 saturated heterocycles. The molecule has 3 heterocycles. The summed E-state index contributed by atoms with van der Waals surface area (Å²) >= 11 is 0. The summed E-state index contributed by atoms with van der Waals surface area (Å²) in [6.07, 6.45) is 1.89. The third-order valence-corrected chi connectivity index (χ3v) is 3.42. The minimum atomic E-state index is 0.0407. The maximum atomic E-state index is 5.20. The lowest BCUT2D eigenvalue weighted by Crippen LogP contribution is -2.09. The number of anilines is 1. The number of hydrogen-bond acceptors (Lipinski definition) is 5. The Bertz CT molecular complexity index is 739. The Labute approximate surface area is 116 Å². The van der Waals surface area contributed by atoms with Crippen LogP contribution in [0.25, 0.3) is 5.65 Å². The van der Waals surface area contributed by atoms with Crippen LogP contribution in [0.4, 0.5) is 5.95 Å². The predicted molar refractivity (Wildman–Crippen MR) is 75.7 cm³/mol. The van der Waals surface area contributed by atoms with Gasteiger partial charge in [-0.2, -0.15) is 4.98 Å². The summed E-state index contributed by atoms with van der Waals surface area (Å²) in [4.78, 5) is 4.51. The van der Waals surface area contributed by atoms with E-state index in [1.807, 2.05) is 46.0 Å². The molecule has 1 N–H and O–H groups in total. The first-order valence-corrected chi connectivity index (χ1v) is 6.57. The van der Waals surface area contributed by atoms with E-state index in [0.717, 1.165) is 28.2 Å². The Balaban J connectivity index is 1.91. The van der Waals surface area contributed by atoms with Crippen molar-refractivity contribution in [2.75, 3.05) is 5.32 Å². The number of nitrogens with one attached hydrogen (secondary N) is 1. The molecule has 0 radical (unpaired) electrons. The van der Waals surface area contributed by atoms with Crippen molar-refractivity contribution in [2.45, 2.75) is 33.7 Å². The number of rotatable bonds is 3. The molecule has 3 rings (SSSR count). The van der Waals surface area contributed by atoms with Crippen LogP contribution in [0.2, 0.25) is 0 Å². The molecule has 6 nitrogen and oxygen atoms in total. The van der Waals surface area contributed by atoms with Crippen LogP contribution in [0.15, 0.2) is 22.9 Å². The van der Waals surface area contributed by atoms with E-state index >= 15 is 0 Å². The number of pyridine rings is 1. The zero-order valence-electron chi connectivity index (χ0n) is 12.0. The van der Waals surface area contributed by atoms with E-state index in [9.17, 15) is 0 Å². The second kappa shape index (κ2) is 4.63. The number of fused-ring (bicyclic) bond motifs is 1. The van der Waals surface area contributed by atoms with Gasteiger partial charge in [-0.25, -0.2) is 4.52 Å². The summed E-state index contributed by atoms with van der Waals surface area (Å²) in [6.45, 7) is 7.91. The fourth-order valence-electron chi connectivity index (χ4n) is 2.47. The van der Waals surface area contributed by atoms with Gasteiger partial charge in [0.1, 0.15) is 5.76 Å². The first-order valence-electron chi connectivity index (χ1n) is 6.57. The molecule has 6 heteroatoms. The van der Waals surface area contributed by atoms with Crippen LogP contribution in [0.1, 0.15) is 35.5 Å². The smallest absolute Gasteiger partial charge is 0.243 e. The average Bonchev–Trinajstić information content (AvgIpc) is 2.94. The average molecular weight is 271 g/mol. The van der Waals surface area contributed by atoms with Crippen LogP contribution in [0, 0.1) is 20.8 Å². The quantitative estimate of drug-likeness (QED) is 0.793. The van der Waals surface area contributed by atoms with Crippen LogP contribution >= 0.6 is 0 Å². The van der Waals surface area contributed by atoms with Gasteiger partial charge in [-0.05, 0) is 39.3 Å². The number of hydrogen-bond donors (Lipinski definition) is 1. The second-order valence-electron chi connectivity index (χ2n) is 5.00. The molecule has 3 aromatic rings. The van der Waals surface area contributed by atoms with Gasteiger partial charge in [0.25, 0.3) is 0 Å². The summed E-state index contributed by atoms with van der Waals surface area (Å²) in [5.74, 6) is 1.43. The molecule has 0 aromatic carbocycles. The highest BCUT2D eigenvalue weighted by atomic mass is 16.5. The third-order valence-electron chi connectivity index (χ3n) is 3.42. The zero-order valence-corrected chi connectivity index (χ0v) is 12.0. The van der Waals surface area contributed by atoms with Gasteiger partial charge in [-0.3, -0.25) is 0 Å². The fraction of sp³-hybridized carbons (Fsp3) is 0.357. The Morgan fingerprint density at radius 3 is 2.75 bits per heavy atom. The normalized spacial score (nSPS) is 12.8. The van der Waals surface area contributed by atoms with Crippen LogP contribution in [0.5, 0.6) is 0 Å². The lowest BCUT2D eigenvalue weighted by atomic mass is 10.1. The molecule has 0 fully saturated rings. The third kappa shape index (κ3) is 2.03. The summed E-state index contributed by atoms with van der Waals surface area (Å²) in [5.41, 5.74) is 3.90. The van der Waals surface area contributed by atoms with Crippen LogP contribution < -0.4 is 5.32 Å². The maximum Gasteiger partial charge on any atom is 0.243 e. The van der Waals surface area contributed by atoms with Crippen LogP contribution in [-0.2, 0) is 0 Å². The highest BCUT2D eigenvalue weighted by molar-refractivity contribution is 5.50. The molecule has 104 valence electrons. The second-order valence-corrected chi connectivity index (χ2v) is 5.00. The highest BCUT2D eigenvalue weighted by Crippen LogP contribution is 2.24. The highest BCUT2D eigenvalue weighted by Gasteiger charge is 2.17. The molecule has 20 heavy (non-hydrogen) atoms. The largest absolute Gasteiger partial charge is 0.361 e. The molecular formula is C14H17N5O. The Hall–Kier alpha value is -2.37. The molecule has 0 spiro atoms. The van der Waals surface area contributed by atoms with Crippen LogP contribution in [-0.4, -0.2) is 19.8 Å². The molecule has 0 aliphatic carbocycles. The monoisotopic (exact) mass is 271 g/mol. The van der Waals surface area contributed by atoms with Gasteiger partial charge in [0.2, 0.25) is 5.95 Å². The fourth-order valence-corrected chi connectivity index (χ4v) is 2.47. The molecule has 0 saturated carbocycles. The number of aryl methyl sites for hydroxylation is 3. The zero-order chi connectivity index (χ0) is 14.3. The van der Waals surface area contributed by atoms with Crippen molar-refractivity contribution in [1.29, 1.82) is 0 Å².